The number of aliphatic imine (C=N–C) groups is 1. The number of hydrogen-bond donors (Lipinski definition) is 2. The summed E-state index contributed by atoms with van der Waals surface area (Å²) in [5, 5.41) is 6.39. The van der Waals surface area contributed by atoms with Crippen molar-refractivity contribution >= 4 is 12.1 Å². The third-order valence-corrected chi connectivity index (χ3v) is 4.04. The van der Waals surface area contributed by atoms with Crippen molar-refractivity contribution in [2.75, 3.05) is 13.2 Å². The number of furan rings is 1. The monoisotopic (exact) mass is 344 g/mol. The molecule has 2 aromatic heterocycles. The van der Waals surface area contributed by atoms with Gasteiger partial charge in [0.25, 0.3) is 5.91 Å². The SMILES string of the molecule is CC(N=C/C(=C\N)NC(=O)c1cc(-c2ccco2)on1)C1CCOC1. The van der Waals surface area contributed by atoms with Gasteiger partial charge in [-0.25, -0.2) is 0 Å². The number of ether oxygens (including phenoxy) is 1. The summed E-state index contributed by atoms with van der Waals surface area (Å²) >= 11 is 0. The highest BCUT2D eigenvalue weighted by Gasteiger charge is 2.21. The van der Waals surface area contributed by atoms with E-state index in [0.29, 0.717) is 29.7 Å². The predicted molar refractivity (Wildman–Crippen MR) is 90.8 cm³/mol. The number of carbonyl (C=O) groups excluding carboxylic acids is 1. The standard InChI is InChI=1S/C17H20N4O4/c1-11(12-4-6-23-10-12)19-9-13(8-18)20-17(22)14-7-16(25-21-14)15-3-2-5-24-15/h2-3,5,7-9,11-12H,4,6,10,18H2,1H3,(H,20,22)/b13-8+,19-9?. The first-order valence-corrected chi connectivity index (χ1v) is 8.02. The molecule has 1 aliphatic heterocycles. The molecule has 8 heteroatoms. The fraction of sp³-hybridized carbons (Fsp3) is 0.353. The van der Waals surface area contributed by atoms with Crippen LogP contribution in [-0.4, -0.2) is 36.5 Å². The Morgan fingerprint density at radius 2 is 2.40 bits per heavy atom. The maximum atomic E-state index is 12.3. The molecule has 0 bridgehead atoms. The molecule has 2 unspecified atom stereocenters. The first kappa shape index (κ1) is 17.0. The van der Waals surface area contributed by atoms with Crippen LogP contribution >= 0.6 is 0 Å². The smallest absolute Gasteiger partial charge is 0.277 e. The molecule has 132 valence electrons. The Bertz CT molecular complexity index is 757. The molecule has 3 heterocycles. The van der Waals surface area contributed by atoms with E-state index in [-0.39, 0.29) is 11.7 Å². The zero-order valence-electron chi connectivity index (χ0n) is 13.8. The number of hydrogen-bond acceptors (Lipinski definition) is 7. The zero-order chi connectivity index (χ0) is 17.6. The third-order valence-electron chi connectivity index (χ3n) is 4.04. The molecule has 3 N–H and O–H groups in total. The van der Waals surface area contributed by atoms with E-state index < -0.39 is 5.91 Å². The van der Waals surface area contributed by atoms with E-state index in [0.717, 1.165) is 13.0 Å². The van der Waals surface area contributed by atoms with Crippen LogP contribution in [0.25, 0.3) is 11.5 Å². The van der Waals surface area contributed by atoms with Gasteiger partial charge in [-0.3, -0.25) is 9.79 Å². The van der Waals surface area contributed by atoms with Crippen LogP contribution in [0.4, 0.5) is 0 Å². The van der Waals surface area contributed by atoms with Gasteiger partial charge in [0.2, 0.25) is 5.76 Å². The minimum Gasteiger partial charge on any atom is -0.461 e. The number of nitrogens with two attached hydrogens (primary N) is 1. The molecule has 1 fully saturated rings. The van der Waals surface area contributed by atoms with E-state index in [1.807, 2.05) is 6.92 Å². The van der Waals surface area contributed by atoms with E-state index in [4.69, 9.17) is 19.4 Å². The number of nitrogens with zero attached hydrogens (tertiary/aromatic N) is 2. The van der Waals surface area contributed by atoms with Crippen molar-refractivity contribution in [3.05, 3.63) is 42.1 Å². The molecular formula is C17H20N4O4. The van der Waals surface area contributed by atoms with Gasteiger partial charge in [-0.15, -0.1) is 0 Å². The number of allylic oxidation sites excluding steroid dienone is 1. The Morgan fingerprint density at radius 1 is 1.52 bits per heavy atom. The van der Waals surface area contributed by atoms with Gasteiger partial charge in [-0.05, 0) is 25.5 Å². The lowest BCUT2D eigenvalue weighted by atomic mass is 10.0. The van der Waals surface area contributed by atoms with Gasteiger partial charge in [0, 0.05) is 31.0 Å². The largest absolute Gasteiger partial charge is 0.461 e. The molecule has 8 nitrogen and oxygen atoms in total. The van der Waals surface area contributed by atoms with Crippen molar-refractivity contribution in [3.8, 4) is 11.5 Å². The van der Waals surface area contributed by atoms with Crippen molar-refractivity contribution in [2.45, 2.75) is 19.4 Å². The van der Waals surface area contributed by atoms with E-state index >= 15 is 0 Å². The first-order valence-electron chi connectivity index (χ1n) is 8.02. The highest BCUT2D eigenvalue weighted by Crippen LogP contribution is 2.21. The Labute approximate surface area is 144 Å². The van der Waals surface area contributed by atoms with Crippen molar-refractivity contribution in [3.63, 3.8) is 0 Å². The second kappa shape index (κ2) is 7.80. The minimum atomic E-state index is -0.443. The van der Waals surface area contributed by atoms with E-state index in [2.05, 4.69) is 15.5 Å². The fourth-order valence-corrected chi connectivity index (χ4v) is 2.48. The van der Waals surface area contributed by atoms with Gasteiger partial charge in [0.15, 0.2) is 11.5 Å². The number of rotatable bonds is 6. The average Bonchev–Trinajstić information content (AvgIpc) is 3.38. The van der Waals surface area contributed by atoms with Crippen LogP contribution in [0, 0.1) is 5.92 Å². The molecule has 25 heavy (non-hydrogen) atoms. The van der Waals surface area contributed by atoms with Crippen LogP contribution in [0.1, 0.15) is 23.8 Å². The zero-order valence-corrected chi connectivity index (χ0v) is 13.8. The molecule has 0 saturated carbocycles. The van der Waals surface area contributed by atoms with E-state index in [1.54, 1.807) is 18.3 Å². The third kappa shape index (κ3) is 4.16. The fourth-order valence-electron chi connectivity index (χ4n) is 2.48. The number of carbonyl (C=O) groups is 1. The number of nitrogens with one attached hydrogen (secondary N) is 1. The Morgan fingerprint density at radius 3 is 3.08 bits per heavy atom. The molecule has 1 saturated heterocycles. The molecule has 1 amide bonds. The molecule has 1 aliphatic rings. The summed E-state index contributed by atoms with van der Waals surface area (Å²) in [6.45, 7) is 3.49. The molecule has 2 aromatic rings. The average molecular weight is 344 g/mol. The summed E-state index contributed by atoms with van der Waals surface area (Å²) in [5.41, 5.74) is 6.08. The predicted octanol–water partition coefficient (Wildman–Crippen LogP) is 1.96. The minimum absolute atomic E-state index is 0.0898. The van der Waals surface area contributed by atoms with Gasteiger partial charge in [0.1, 0.15) is 0 Å². The van der Waals surface area contributed by atoms with Crippen molar-refractivity contribution in [1.29, 1.82) is 0 Å². The molecule has 3 rings (SSSR count). The Hall–Kier alpha value is -2.87. The lowest BCUT2D eigenvalue weighted by Gasteiger charge is -2.12. The van der Waals surface area contributed by atoms with E-state index in [1.165, 1.54) is 18.5 Å². The lowest BCUT2D eigenvalue weighted by molar-refractivity contribution is 0.0959. The van der Waals surface area contributed by atoms with Crippen molar-refractivity contribution in [1.82, 2.24) is 10.5 Å². The maximum absolute atomic E-state index is 12.3. The summed E-state index contributed by atoms with van der Waals surface area (Å²) in [5.74, 6) is 0.811. The van der Waals surface area contributed by atoms with Crippen LogP contribution in [0.5, 0.6) is 0 Å². The highest BCUT2D eigenvalue weighted by atomic mass is 16.5. The molecule has 0 spiro atoms. The quantitative estimate of drug-likeness (QED) is 0.774. The van der Waals surface area contributed by atoms with Crippen molar-refractivity contribution in [2.24, 2.45) is 16.6 Å². The van der Waals surface area contributed by atoms with Crippen LogP contribution < -0.4 is 11.1 Å². The summed E-state index contributed by atoms with van der Waals surface area (Å²) in [6, 6.07) is 5.03. The summed E-state index contributed by atoms with van der Waals surface area (Å²) in [4.78, 5) is 16.7. The molecule has 0 aromatic carbocycles. The molecule has 2 atom stereocenters. The first-order chi connectivity index (χ1) is 12.2. The molecule has 0 radical (unpaired) electrons. The molecule has 0 aliphatic carbocycles. The van der Waals surface area contributed by atoms with Crippen LogP contribution in [0.15, 0.2) is 50.3 Å². The van der Waals surface area contributed by atoms with Gasteiger partial charge in [-0.1, -0.05) is 5.16 Å². The highest BCUT2D eigenvalue weighted by molar-refractivity contribution is 5.97. The lowest BCUT2D eigenvalue weighted by Crippen LogP contribution is -2.25. The second-order valence-corrected chi connectivity index (χ2v) is 5.77. The molecular weight excluding hydrogens is 324 g/mol. The van der Waals surface area contributed by atoms with Crippen LogP contribution in [0.2, 0.25) is 0 Å². The van der Waals surface area contributed by atoms with Gasteiger partial charge in [0.05, 0.1) is 24.6 Å². The van der Waals surface area contributed by atoms with Gasteiger partial charge in [-0.2, -0.15) is 0 Å². The van der Waals surface area contributed by atoms with Crippen LogP contribution in [-0.2, 0) is 4.74 Å². The normalized spacial score (nSPS) is 19.4. The summed E-state index contributed by atoms with van der Waals surface area (Å²) in [6.07, 6.45) is 5.34. The van der Waals surface area contributed by atoms with Crippen LogP contribution in [0.3, 0.4) is 0 Å². The summed E-state index contributed by atoms with van der Waals surface area (Å²) < 4.78 is 15.7. The van der Waals surface area contributed by atoms with E-state index in [9.17, 15) is 4.79 Å². The van der Waals surface area contributed by atoms with Gasteiger partial charge >= 0.3 is 0 Å². The number of aromatic nitrogens is 1. The topological polar surface area (TPSA) is 116 Å². The maximum Gasteiger partial charge on any atom is 0.277 e. The second-order valence-electron chi connectivity index (χ2n) is 5.77. The van der Waals surface area contributed by atoms with Gasteiger partial charge < -0.3 is 24.7 Å². The Kier molecular flexibility index (Phi) is 5.30. The number of amides is 1. The summed E-state index contributed by atoms with van der Waals surface area (Å²) in [7, 11) is 0. The van der Waals surface area contributed by atoms with Crippen molar-refractivity contribution < 1.29 is 18.5 Å². The Balaban J connectivity index is 1.60.